The van der Waals surface area contributed by atoms with Gasteiger partial charge in [-0.3, -0.25) is 39.0 Å². The molecule has 2 atom stereocenters. The van der Waals surface area contributed by atoms with Gasteiger partial charge in [-0.1, -0.05) is 26.7 Å². The first-order valence-electron chi connectivity index (χ1n) is 21.3. The number of hydrogen-bond acceptors (Lipinski definition) is 17. The molecule has 25 heteroatoms. The minimum atomic E-state index is -0.879. The highest BCUT2D eigenvalue weighted by Crippen LogP contribution is 2.31. The summed E-state index contributed by atoms with van der Waals surface area (Å²) in [6, 6.07) is 7.01. The molecule has 67 heavy (non-hydrogen) atoms. The van der Waals surface area contributed by atoms with Gasteiger partial charge in [-0.25, -0.2) is 10.6 Å². The maximum Gasteiger partial charge on any atom is 0.312 e. The molecule has 2 aromatic rings. The van der Waals surface area contributed by atoms with Gasteiger partial charge in [-0.2, -0.15) is 0 Å². The quantitative estimate of drug-likeness (QED) is 0.0146. The Hall–Kier alpha value is -7.02. The van der Waals surface area contributed by atoms with Gasteiger partial charge in [0.05, 0.1) is 16.5 Å². The number of aliphatic carboxylic acids is 2. The molecule has 2 rings (SSSR count). The molecular weight excluding hydrogens is 890 g/mol. The highest BCUT2D eigenvalue weighted by molar-refractivity contribution is 5.72. The van der Waals surface area contributed by atoms with Gasteiger partial charge in [0, 0.05) is 81.7 Å². The highest BCUT2D eigenvalue weighted by Gasteiger charge is 2.20. The fraction of sp³-hybridized carbons (Fsp3) is 0.548. The number of nitrogens with two attached hydrogens (primary N) is 3. The number of nitrogens with zero attached hydrogens (tertiary/aromatic N) is 3. The number of nitro benzene ring substituents is 2. The third-order valence-electron chi connectivity index (χ3n) is 8.43. The van der Waals surface area contributed by atoms with E-state index >= 15 is 0 Å². The first-order chi connectivity index (χ1) is 32.0. The number of carbonyl (C=O) groups excluding carboxylic acids is 2. The maximum absolute atomic E-state index is 12.7. The molecule has 2 amide bonds. The molecule has 0 radical (unpaired) electrons. The van der Waals surface area contributed by atoms with Crippen molar-refractivity contribution in [2.24, 2.45) is 17.3 Å². The van der Waals surface area contributed by atoms with Crippen LogP contribution in [0.15, 0.2) is 48.3 Å². The van der Waals surface area contributed by atoms with Crippen molar-refractivity contribution in [3.05, 3.63) is 68.5 Å². The number of ether oxygens (including phenoxy) is 2. The van der Waals surface area contributed by atoms with E-state index in [4.69, 9.17) is 52.0 Å². The Bertz CT molecular complexity index is 1760. The molecule has 13 N–H and O–H groups in total. The molecule has 0 aliphatic carbocycles. The van der Waals surface area contributed by atoms with Gasteiger partial charge in [0.25, 0.3) is 17.8 Å². The van der Waals surface area contributed by atoms with Crippen molar-refractivity contribution < 1.29 is 68.1 Å². The second-order valence-electron chi connectivity index (χ2n) is 13.6. The number of unbranched alkanes of at least 4 members (excludes halogenated alkanes) is 5. The van der Waals surface area contributed by atoms with Crippen LogP contribution in [0.25, 0.3) is 0 Å². The summed E-state index contributed by atoms with van der Waals surface area (Å²) in [7, 11) is 1.00. The van der Waals surface area contributed by atoms with Crippen LogP contribution in [0.2, 0.25) is 0 Å². The topological polar surface area (TPSA) is 388 Å². The summed E-state index contributed by atoms with van der Waals surface area (Å²) in [5, 5.41) is 63.9. The minimum absolute atomic E-state index is 0.0431. The van der Waals surface area contributed by atoms with Gasteiger partial charge in [0.15, 0.2) is 0 Å². The second-order valence-corrected chi connectivity index (χ2v) is 13.6. The van der Waals surface area contributed by atoms with E-state index in [2.05, 4.69) is 16.0 Å². The van der Waals surface area contributed by atoms with Crippen LogP contribution in [-0.4, -0.2) is 118 Å². The molecule has 380 valence electrons. The Morgan fingerprint density at radius 3 is 1.66 bits per heavy atom. The first-order valence-corrected chi connectivity index (χ1v) is 21.3. The van der Waals surface area contributed by atoms with Gasteiger partial charge in [-0.15, -0.1) is 0 Å². The molecular formula is C42H70FN9O15. The van der Waals surface area contributed by atoms with E-state index in [1.165, 1.54) is 47.6 Å². The van der Waals surface area contributed by atoms with Gasteiger partial charge < -0.3 is 67.1 Å². The predicted octanol–water partition coefficient (Wildman–Crippen LogP) is 5.53. The number of nitro groups is 2. The standard InChI is InChI=1S/C32H46FN7O9.C6H12N2O3.C2H6.CH2O2.CH4O/c33-15-8-9-24(34)21-38(35)25(22-48-26-11-13-30(39(44)45)28(19-26)36-16-5-1-2-7-18-41)23-49-27-12-14-31(40(46)47)29(20-27)37-17-6-3-4-10-32(42)43;1-4(8-6(7)11)2-3-5(9)10;1-2;2-1-3;1-2/h11-14,18-21,25,36-37H,1-10,15-17,22-23,34-35H2,(H,42,43);4H,2-3H2,1H3,(H,9,10)(H3,7,8,11);1-2H3;1H,(H,2,3);2H,1H3/b24-21-;;;;. The van der Waals surface area contributed by atoms with Crippen LogP contribution in [0.1, 0.15) is 97.8 Å². The number of halogens is 1. The zero-order valence-corrected chi connectivity index (χ0v) is 38.6. The lowest BCUT2D eigenvalue weighted by Gasteiger charge is -2.27. The number of aliphatic hydroxyl groups excluding tert-OH is 1. The van der Waals surface area contributed by atoms with Crippen LogP contribution >= 0.6 is 0 Å². The van der Waals surface area contributed by atoms with E-state index in [0.717, 1.165) is 26.2 Å². The number of rotatable bonds is 31. The van der Waals surface area contributed by atoms with Crippen LogP contribution in [0.5, 0.6) is 11.5 Å². The lowest BCUT2D eigenvalue weighted by atomic mass is 10.2. The molecule has 0 aromatic heterocycles. The predicted molar refractivity (Wildman–Crippen MR) is 249 cm³/mol. The summed E-state index contributed by atoms with van der Waals surface area (Å²) in [5.74, 6) is 5.16. The largest absolute Gasteiger partial charge is 0.491 e. The number of amides is 2. The molecule has 0 bridgehead atoms. The zero-order chi connectivity index (χ0) is 51.6. The van der Waals surface area contributed by atoms with Crippen molar-refractivity contribution in [1.29, 1.82) is 0 Å². The number of hydrazine groups is 1. The smallest absolute Gasteiger partial charge is 0.312 e. The van der Waals surface area contributed by atoms with Crippen molar-refractivity contribution in [2.45, 2.75) is 110 Å². The fourth-order valence-electron chi connectivity index (χ4n) is 5.26. The summed E-state index contributed by atoms with van der Waals surface area (Å²) in [6.07, 6.45) is 7.68. The Balaban J connectivity index is -0.00000193. The lowest BCUT2D eigenvalue weighted by molar-refractivity contribution is -0.384. The Morgan fingerprint density at radius 2 is 1.25 bits per heavy atom. The lowest BCUT2D eigenvalue weighted by Crippen LogP contribution is -2.45. The van der Waals surface area contributed by atoms with Crippen molar-refractivity contribution in [3.8, 4) is 11.5 Å². The first kappa shape index (κ1) is 64.3. The van der Waals surface area contributed by atoms with Crippen LogP contribution in [0.3, 0.4) is 0 Å². The monoisotopic (exact) mass is 959 g/mol. The SMILES string of the molecule is CC.CC(CCC(=O)O)NC(N)=O.CO.N/C(=C\N(N)C(COc1ccc([N+](=O)[O-])c(NCCCCCC=O)c1)COc1ccc([N+](=O)[O-])c(NCCCCCC(=O)O)c1)CCCF.O=CO. The summed E-state index contributed by atoms with van der Waals surface area (Å²) in [4.78, 5) is 72.0. The second kappa shape index (κ2) is 41.7. The minimum Gasteiger partial charge on any atom is -0.491 e. The molecule has 0 spiro atoms. The average Bonchev–Trinajstić information content (AvgIpc) is 3.28. The van der Waals surface area contributed by atoms with E-state index in [1.54, 1.807) is 6.92 Å². The van der Waals surface area contributed by atoms with Crippen molar-refractivity contribution in [1.82, 2.24) is 10.3 Å². The third kappa shape index (κ3) is 34.1. The van der Waals surface area contributed by atoms with Gasteiger partial charge in [0.2, 0.25) is 0 Å². The van der Waals surface area contributed by atoms with Gasteiger partial charge in [-0.05, 0) is 64.0 Å². The Kier molecular flexibility index (Phi) is 40.0. The number of carboxylic acid groups (broad SMARTS) is 3. The molecule has 0 saturated heterocycles. The van der Waals surface area contributed by atoms with Crippen LogP contribution in [0, 0.1) is 20.2 Å². The van der Waals surface area contributed by atoms with Crippen molar-refractivity contribution >= 4 is 53.5 Å². The number of aldehydes is 1. The average molecular weight is 960 g/mol. The normalized spacial score (nSPS) is 10.9. The Labute approximate surface area is 389 Å². The summed E-state index contributed by atoms with van der Waals surface area (Å²) in [6.45, 7) is 5.59. The maximum atomic E-state index is 12.7. The molecule has 0 aliphatic rings. The third-order valence-corrected chi connectivity index (χ3v) is 8.43. The number of benzene rings is 2. The molecule has 24 nitrogen and oxygen atoms in total. The van der Waals surface area contributed by atoms with E-state index in [0.29, 0.717) is 68.8 Å². The number of carbonyl (C=O) groups is 5. The van der Waals surface area contributed by atoms with Gasteiger partial charge in [0.1, 0.15) is 48.4 Å². The number of nitrogens with one attached hydrogen (secondary N) is 3. The number of hydrogen-bond donors (Lipinski definition) is 10. The number of anilines is 2. The van der Waals surface area contributed by atoms with Crippen molar-refractivity contribution in [3.63, 3.8) is 0 Å². The van der Waals surface area contributed by atoms with E-state index in [1.807, 2.05) is 13.8 Å². The number of aliphatic hydroxyl groups is 1. The van der Waals surface area contributed by atoms with E-state index in [-0.39, 0.29) is 74.2 Å². The highest BCUT2D eigenvalue weighted by atomic mass is 19.1. The zero-order valence-electron chi connectivity index (χ0n) is 38.6. The van der Waals surface area contributed by atoms with E-state index in [9.17, 15) is 43.8 Å². The molecule has 2 unspecified atom stereocenters. The molecule has 0 saturated carbocycles. The molecule has 2 aromatic carbocycles. The van der Waals surface area contributed by atoms with Crippen LogP contribution < -0.4 is 42.7 Å². The molecule has 0 aliphatic heterocycles. The molecule has 0 heterocycles. The van der Waals surface area contributed by atoms with E-state index < -0.39 is 40.5 Å². The molecule has 0 fully saturated rings. The fourth-order valence-corrected chi connectivity index (χ4v) is 5.26. The van der Waals surface area contributed by atoms with Gasteiger partial charge >= 0.3 is 18.0 Å². The number of primary amides is 1. The van der Waals surface area contributed by atoms with Crippen molar-refractivity contribution in [2.75, 3.05) is 50.7 Å². The van der Waals surface area contributed by atoms with Crippen LogP contribution in [0.4, 0.5) is 31.9 Å². The number of carboxylic acids is 2. The summed E-state index contributed by atoms with van der Waals surface area (Å²) >= 11 is 0. The van der Waals surface area contributed by atoms with Crippen LogP contribution in [-0.2, 0) is 19.2 Å². The number of urea groups is 1. The Morgan fingerprint density at radius 1 is 0.791 bits per heavy atom. The summed E-state index contributed by atoms with van der Waals surface area (Å²) < 4.78 is 24.7. The summed E-state index contributed by atoms with van der Waals surface area (Å²) in [5.41, 5.74) is 11.3. The number of alkyl halides is 1. The number of allylic oxidation sites excluding steroid dienone is 1.